The molecule has 0 amide bonds. The molecular weight excluding hydrogens is 259 g/mol. The lowest BCUT2D eigenvalue weighted by atomic mass is 10.2. The Balaban J connectivity index is 2.12. The van der Waals surface area contributed by atoms with Crippen molar-refractivity contribution in [3.63, 3.8) is 0 Å². The molecule has 0 fully saturated rings. The van der Waals surface area contributed by atoms with E-state index in [2.05, 4.69) is 4.98 Å². The third-order valence-electron chi connectivity index (χ3n) is 2.82. The van der Waals surface area contributed by atoms with E-state index in [0.717, 1.165) is 15.8 Å². The third kappa shape index (κ3) is 2.27. The van der Waals surface area contributed by atoms with E-state index in [4.69, 9.17) is 5.73 Å². The van der Waals surface area contributed by atoms with Crippen LogP contribution in [0.3, 0.4) is 0 Å². The van der Waals surface area contributed by atoms with Gasteiger partial charge in [0.1, 0.15) is 5.82 Å². The summed E-state index contributed by atoms with van der Waals surface area (Å²) in [6.07, 6.45) is 1.70. The highest BCUT2D eigenvalue weighted by molar-refractivity contribution is 7.99. The Hall–Kier alpha value is -2.07. The zero-order valence-corrected chi connectivity index (χ0v) is 10.8. The number of halogens is 1. The fourth-order valence-corrected chi connectivity index (χ4v) is 2.86. The fourth-order valence-electron chi connectivity index (χ4n) is 1.90. The molecule has 3 aromatic rings. The lowest BCUT2D eigenvalue weighted by Crippen LogP contribution is -1.90. The molecule has 2 N–H and O–H groups in total. The molecule has 94 valence electrons. The zero-order chi connectivity index (χ0) is 13.2. The van der Waals surface area contributed by atoms with E-state index >= 15 is 0 Å². The molecule has 0 aliphatic rings. The number of fused-ring (bicyclic) bond motifs is 1. The number of hydrogen-bond donors (Lipinski definition) is 1. The average Bonchev–Trinajstić information content (AvgIpc) is 2.44. The molecule has 0 saturated carbocycles. The molecule has 3 rings (SSSR count). The van der Waals surface area contributed by atoms with Crippen LogP contribution in [0.1, 0.15) is 0 Å². The number of benzene rings is 2. The SMILES string of the molecule is Nc1ccc(Sc2ccccc2F)c2cccnc12. The lowest BCUT2D eigenvalue weighted by Gasteiger charge is -2.08. The summed E-state index contributed by atoms with van der Waals surface area (Å²) in [5.74, 6) is -0.221. The van der Waals surface area contributed by atoms with E-state index in [1.165, 1.54) is 17.8 Å². The molecule has 1 aromatic heterocycles. The minimum Gasteiger partial charge on any atom is -0.397 e. The smallest absolute Gasteiger partial charge is 0.137 e. The first-order valence-corrected chi connectivity index (χ1v) is 6.63. The van der Waals surface area contributed by atoms with E-state index < -0.39 is 0 Å². The Bertz CT molecular complexity index is 743. The van der Waals surface area contributed by atoms with Crippen molar-refractivity contribution < 1.29 is 4.39 Å². The number of nitrogens with two attached hydrogens (primary N) is 1. The lowest BCUT2D eigenvalue weighted by molar-refractivity contribution is 0.602. The van der Waals surface area contributed by atoms with Crippen molar-refractivity contribution in [2.45, 2.75) is 9.79 Å². The second-order valence-corrected chi connectivity index (χ2v) is 5.17. The molecule has 0 aliphatic heterocycles. The first-order valence-electron chi connectivity index (χ1n) is 5.81. The minimum atomic E-state index is -0.221. The monoisotopic (exact) mass is 270 g/mol. The van der Waals surface area contributed by atoms with Crippen molar-refractivity contribution in [2.75, 3.05) is 5.73 Å². The second kappa shape index (κ2) is 4.90. The van der Waals surface area contributed by atoms with Crippen molar-refractivity contribution in [3.8, 4) is 0 Å². The highest BCUT2D eigenvalue weighted by Gasteiger charge is 2.08. The maximum Gasteiger partial charge on any atom is 0.137 e. The van der Waals surface area contributed by atoms with Gasteiger partial charge in [-0.15, -0.1) is 0 Å². The molecule has 0 unspecified atom stereocenters. The summed E-state index contributed by atoms with van der Waals surface area (Å²) in [6, 6.07) is 14.2. The second-order valence-electron chi connectivity index (χ2n) is 4.08. The predicted octanol–water partition coefficient (Wildman–Crippen LogP) is 4.11. The van der Waals surface area contributed by atoms with Gasteiger partial charge in [0.2, 0.25) is 0 Å². The minimum absolute atomic E-state index is 0.221. The van der Waals surface area contributed by atoms with Crippen LogP contribution in [0.15, 0.2) is 64.5 Å². The Morgan fingerprint density at radius 2 is 1.79 bits per heavy atom. The van der Waals surface area contributed by atoms with E-state index in [1.54, 1.807) is 24.4 Å². The van der Waals surface area contributed by atoms with E-state index in [0.29, 0.717) is 10.6 Å². The summed E-state index contributed by atoms with van der Waals surface area (Å²) in [7, 11) is 0. The van der Waals surface area contributed by atoms with Gasteiger partial charge in [-0.25, -0.2) is 4.39 Å². The van der Waals surface area contributed by atoms with Gasteiger partial charge in [0.15, 0.2) is 0 Å². The maximum atomic E-state index is 13.7. The number of hydrogen-bond acceptors (Lipinski definition) is 3. The maximum absolute atomic E-state index is 13.7. The van der Waals surface area contributed by atoms with Crippen LogP contribution in [0.2, 0.25) is 0 Å². The summed E-state index contributed by atoms with van der Waals surface area (Å²) in [5, 5.41) is 0.941. The van der Waals surface area contributed by atoms with Crippen LogP contribution in [0.5, 0.6) is 0 Å². The molecular formula is C15H11FN2S. The van der Waals surface area contributed by atoms with Crippen LogP contribution in [-0.4, -0.2) is 4.98 Å². The van der Waals surface area contributed by atoms with Gasteiger partial charge in [0.05, 0.1) is 11.2 Å². The van der Waals surface area contributed by atoms with Gasteiger partial charge in [-0.1, -0.05) is 30.0 Å². The van der Waals surface area contributed by atoms with E-state index in [9.17, 15) is 4.39 Å². The van der Waals surface area contributed by atoms with Crippen LogP contribution in [0.25, 0.3) is 10.9 Å². The molecule has 0 radical (unpaired) electrons. The molecule has 2 nitrogen and oxygen atoms in total. The van der Waals surface area contributed by atoms with E-state index in [1.807, 2.05) is 24.3 Å². The van der Waals surface area contributed by atoms with Gasteiger partial charge >= 0.3 is 0 Å². The number of anilines is 1. The number of nitrogen functional groups attached to an aromatic ring is 1. The van der Waals surface area contributed by atoms with Crippen molar-refractivity contribution >= 4 is 28.4 Å². The van der Waals surface area contributed by atoms with Gasteiger partial charge in [-0.2, -0.15) is 0 Å². The van der Waals surface area contributed by atoms with Gasteiger partial charge in [-0.05, 0) is 30.3 Å². The Morgan fingerprint density at radius 1 is 0.947 bits per heavy atom. The molecule has 19 heavy (non-hydrogen) atoms. The highest BCUT2D eigenvalue weighted by Crippen LogP contribution is 2.35. The molecule has 0 bridgehead atoms. The van der Waals surface area contributed by atoms with Crippen molar-refractivity contribution in [1.82, 2.24) is 4.98 Å². The third-order valence-corrected chi connectivity index (χ3v) is 3.94. The Morgan fingerprint density at radius 3 is 2.63 bits per heavy atom. The molecule has 4 heteroatoms. The van der Waals surface area contributed by atoms with E-state index in [-0.39, 0.29) is 5.82 Å². The van der Waals surface area contributed by atoms with Crippen molar-refractivity contribution in [2.24, 2.45) is 0 Å². The van der Waals surface area contributed by atoms with Gasteiger partial charge in [0.25, 0.3) is 0 Å². The van der Waals surface area contributed by atoms with Crippen LogP contribution >= 0.6 is 11.8 Å². The molecule has 0 saturated heterocycles. The van der Waals surface area contributed by atoms with Crippen LogP contribution in [0.4, 0.5) is 10.1 Å². The number of nitrogens with zero attached hydrogens (tertiary/aromatic N) is 1. The first kappa shape index (κ1) is 12.0. The molecule has 0 aliphatic carbocycles. The predicted molar refractivity (Wildman–Crippen MR) is 76.7 cm³/mol. The largest absolute Gasteiger partial charge is 0.397 e. The van der Waals surface area contributed by atoms with Crippen LogP contribution in [-0.2, 0) is 0 Å². The molecule has 1 heterocycles. The normalized spacial score (nSPS) is 10.8. The standard InChI is InChI=1S/C15H11FN2S/c16-11-5-1-2-6-14(11)19-13-8-7-12(17)15-10(13)4-3-9-18-15/h1-9H,17H2. The summed E-state index contributed by atoms with van der Waals surface area (Å²) >= 11 is 1.38. The van der Waals surface area contributed by atoms with Crippen LogP contribution in [0, 0.1) is 5.82 Å². The number of rotatable bonds is 2. The number of aromatic nitrogens is 1. The number of pyridine rings is 1. The Labute approximate surface area is 114 Å². The van der Waals surface area contributed by atoms with Crippen molar-refractivity contribution in [3.05, 3.63) is 60.5 Å². The summed E-state index contributed by atoms with van der Waals surface area (Å²) in [4.78, 5) is 5.81. The van der Waals surface area contributed by atoms with Gasteiger partial charge in [-0.3, -0.25) is 4.98 Å². The van der Waals surface area contributed by atoms with Gasteiger partial charge < -0.3 is 5.73 Å². The molecule has 0 spiro atoms. The topological polar surface area (TPSA) is 38.9 Å². The first-order chi connectivity index (χ1) is 9.25. The Kier molecular flexibility index (Phi) is 3.09. The molecule has 2 aromatic carbocycles. The summed E-state index contributed by atoms with van der Waals surface area (Å²) in [5.41, 5.74) is 7.29. The van der Waals surface area contributed by atoms with Gasteiger partial charge in [0, 0.05) is 21.4 Å². The molecule has 0 atom stereocenters. The summed E-state index contributed by atoms with van der Waals surface area (Å²) in [6.45, 7) is 0. The quantitative estimate of drug-likeness (QED) is 0.712. The average molecular weight is 270 g/mol. The summed E-state index contributed by atoms with van der Waals surface area (Å²) < 4.78 is 13.7. The highest BCUT2D eigenvalue weighted by atomic mass is 32.2. The van der Waals surface area contributed by atoms with Crippen LogP contribution < -0.4 is 5.73 Å². The van der Waals surface area contributed by atoms with Crippen molar-refractivity contribution in [1.29, 1.82) is 0 Å². The zero-order valence-electron chi connectivity index (χ0n) is 10.0. The fraction of sp³-hybridized carbons (Fsp3) is 0.